The van der Waals surface area contributed by atoms with Gasteiger partial charge in [0.2, 0.25) is 5.91 Å². The lowest BCUT2D eigenvalue weighted by atomic mass is 10.0. The second kappa shape index (κ2) is 8.28. The molecular formula is C18H19N3O5S. The lowest BCUT2D eigenvalue weighted by molar-refractivity contribution is -0.143. The third kappa shape index (κ3) is 4.50. The number of H-pyrrole nitrogens is 1. The van der Waals surface area contributed by atoms with E-state index in [9.17, 15) is 19.5 Å². The molecule has 0 bridgehead atoms. The lowest BCUT2D eigenvalue weighted by Gasteiger charge is -2.31. The van der Waals surface area contributed by atoms with Gasteiger partial charge in [-0.3, -0.25) is 14.5 Å². The zero-order valence-corrected chi connectivity index (χ0v) is 15.2. The third-order valence-electron chi connectivity index (χ3n) is 4.30. The first kappa shape index (κ1) is 19.0. The van der Waals surface area contributed by atoms with Crippen molar-refractivity contribution in [2.75, 3.05) is 29.9 Å². The van der Waals surface area contributed by atoms with Crippen molar-refractivity contribution in [3.8, 4) is 0 Å². The maximum Gasteiger partial charge on any atom is 0.328 e. The van der Waals surface area contributed by atoms with E-state index in [4.69, 9.17) is 5.11 Å². The predicted molar refractivity (Wildman–Crippen MR) is 103 cm³/mol. The maximum absolute atomic E-state index is 11.9. The third-order valence-corrected chi connectivity index (χ3v) is 5.24. The Bertz CT molecular complexity index is 902. The van der Waals surface area contributed by atoms with Crippen molar-refractivity contribution < 1.29 is 24.6 Å². The van der Waals surface area contributed by atoms with Crippen LogP contribution in [0.15, 0.2) is 36.5 Å². The number of amides is 1. The van der Waals surface area contributed by atoms with E-state index >= 15 is 0 Å². The maximum atomic E-state index is 11.9. The standard InChI is InChI=1S/C18H19N3O5S/c22-15(3-4-16(23)24)20-11-1-2-12-13(10-19-14(12)9-11)17(18(25)26)21-5-7-27-8-6-21/h1-4,9-10,17,19H,5-8H2,(H,20,22)(H,23,24)(H,25,26)/b4-3+/t17-/m1/s1. The van der Waals surface area contributed by atoms with Crippen LogP contribution in [0.4, 0.5) is 5.69 Å². The van der Waals surface area contributed by atoms with Gasteiger partial charge >= 0.3 is 11.9 Å². The Morgan fingerprint density at radius 2 is 1.93 bits per heavy atom. The number of carbonyl (C=O) groups excluding carboxylic acids is 1. The molecule has 3 rings (SSSR count). The van der Waals surface area contributed by atoms with Crippen LogP contribution >= 0.6 is 11.8 Å². The zero-order valence-electron chi connectivity index (χ0n) is 14.3. The van der Waals surface area contributed by atoms with Crippen LogP contribution in [0.1, 0.15) is 11.6 Å². The number of anilines is 1. The number of nitrogens with zero attached hydrogens (tertiary/aromatic N) is 1. The van der Waals surface area contributed by atoms with Gasteiger partial charge < -0.3 is 20.5 Å². The molecule has 0 unspecified atom stereocenters. The molecule has 0 saturated carbocycles. The molecule has 0 spiro atoms. The molecule has 1 amide bonds. The number of carboxylic acid groups (broad SMARTS) is 2. The molecule has 8 nitrogen and oxygen atoms in total. The van der Waals surface area contributed by atoms with Crippen molar-refractivity contribution in [1.29, 1.82) is 0 Å². The Morgan fingerprint density at radius 3 is 2.59 bits per heavy atom. The normalized spacial score (nSPS) is 16.4. The van der Waals surface area contributed by atoms with E-state index < -0.39 is 23.9 Å². The summed E-state index contributed by atoms with van der Waals surface area (Å²) in [4.78, 5) is 39.1. The van der Waals surface area contributed by atoms with Crippen LogP contribution < -0.4 is 5.32 Å². The summed E-state index contributed by atoms with van der Waals surface area (Å²) in [5.74, 6) is -0.833. The lowest BCUT2D eigenvalue weighted by Crippen LogP contribution is -2.39. The van der Waals surface area contributed by atoms with Gasteiger partial charge in [-0.05, 0) is 12.1 Å². The Hall–Kier alpha value is -2.78. The summed E-state index contributed by atoms with van der Waals surface area (Å²) in [6.45, 7) is 1.44. The minimum absolute atomic E-state index is 0.484. The monoisotopic (exact) mass is 389 g/mol. The van der Waals surface area contributed by atoms with Gasteiger partial charge in [0.1, 0.15) is 6.04 Å². The van der Waals surface area contributed by atoms with E-state index in [0.29, 0.717) is 16.8 Å². The van der Waals surface area contributed by atoms with E-state index in [2.05, 4.69) is 10.3 Å². The van der Waals surface area contributed by atoms with Crippen LogP contribution in [0, 0.1) is 0 Å². The van der Waals surface area contributed by atoms with E-state index in [-0.39, 0.29) is 0 Å². The molecule has 27 heavy (non-hydrogen) atoms. The quantitative estimate of drug-likeness (QED) is 0.557. The van der Waals surface area contributed by atoms with E-state index in [1.807, 2.05) is 16.7 Å². The average molecular weight is 389 g/mol. The average Bonchev–Trinajstić information content (AvgIpc) is 3.04. The molecule has 1 aromatic heterocycles. The highest BCUT2D eigenvalue weighted by Crippen LogP contribution is 2.31. The minimum Gasteiger partial charge on any atom is -0.480 e. The van der Waals surface area contributed by atoms with Gasteiger partial charge in [-0.1, -0.05) is 6.07 Å². The van der Waals surface area contributed by atoms with Crippen LogP contribution in [-0.2, 0) is 14.4 Å². The topological polar surface area (TPSA) is 123 Å². The van der Waals surface area contributed by atoms with Gasteiger partial charge in [-0.25, -0.2) is 4.79 Å². The number of thioether (sulfide) groups is 1. The van der Waals surface area contributed by atoms with Crippen molar-refractivity contribution in [1.82, 2.24) is 9.88 Å². The van der Waals surface area contributed by atoms with Crippen LogP contribution in [0.3, 0.4) is 0 Å². The number of carbonyl (C=O) groups is 3. The molecule has 2 aromatic rings. The van der Waals surface area contributed by atoms with Crippen LogP contribution in [0.2, 0.25) is 0 Å². The van der Waals surface area contributed by atoms with Crippen molar-refractivity contribution in [3.05, 3.63) is 42.1 Å². The highest BCUT2D eigenvalue weighted by Gasteiger charge is 2.30. The number of nitrogens with one attached hydrogen (secondary N) is 2. The van der Waals surface area contributed by atoms with Crippen molar-refractivity contribution in [2.24, 2.45) is 0 Å². The first-order chi connectivity index (χ1) is 13.0. The molecule has 142 valence electrons. The Balaban J connectivity index is 1.85. The van der Waals surface area contributed by atoms with E-state index in [1.165, 1.54) is 0 Å². The summed E-state index contributed by atoms with van der Waals surface area (Å²) in [7, 11) is 0. The van der Waals surface area contributed by atoms with Crippen molar-refractivity contribution in [2.45, 2.75) is 6.04 Å². The van der Waals surface area contributed by atoms with Gasteiger partial charge in [0, 0.05) is 65.1 Å². The zero-order chi connectivity index (χ0) is 19.4. The predicted octanol–water partition coefficient (Wildman–Crippen LogP) is 1.92. The smallest absolute Gasteiger partial charge is 0.328 e. The van der Waals surface area contributed by atoms with Crippen LogP contribution in [0.25, 0.3) is 10.9 Å². The summed E-state index contributed by atoms with van der Waals surface area (Å²) in [6.07, 6.45) is 3.39. The first-order valence-electron chi connectivity index (χ1n) is 8.33. The molecule has 2 heterocycles. The summed E-state index contributed by atoms with van der Waals surface area (Å²) >= 11 is 1.82. The fraction of sp³-hybridized carbons (Fsp3) is 0.278. The summed E-state index contributed by atoms with van der Waals surface area (Å²) in [5.41, 5.74) is 1.87. The molecule has 0 radical (unpaired) electrons. The summed E-state index contributed by atoms with van der Waals surface area (Å²) < 4.78 is 0. The SMILES string of the molecule is O=C(O)/C=C/C(=O)Nc1ccc2c([C@H](C(=O)O)N3CCSCC3)c[nH]c2c1. The second-order valence-corrected chi connectivity index (χ2v) is 7.28. The number of hydrogen-bond acceptors (Lipinski definition) is 5. The number of aromatic nitrogens is 1. The molecule has 9 heteroatoms. The fourth-order valence-electron chi connectivity index (χ4n) is 3.11. The molecule has 1 aliphatic heterocycles. The van der Waals surface area contributed by atoms with Gasteiger partial charge in [0.15, 0.2) is 0 Å². The Kier molecular flexibility index (Phi) is 5.82. The highest BCUT2D eigenvalue weighted by molar-refractivity contribution is 7.99. The molecule has 4 N–H and O–H groups in total. The highest BCUT2D eigenvalue weighted by atomic mass is 32.2. The second-order valence-electron chi connectivity index (χ2n) is 6.05. The molecule has 1 saturated heterocycles. The number of hydrogen-bond donors (Lipinski definition) is 4. The van der Waals surface area contributed by atoms with Gasteiger partial charge in [-0.2, -0.15) is 11.8 Å². The summed E-state index contributed by atoms with van der Waals surface area (Å²) in [5, 5.41) is 21.7. The van der Waals surface area contributed by atoms with Crippen molar-refractivity contribution in [3.63, 3.8) is 0 Å². The molecule has 1 atom stereocenters. The van der Waals surface area contributed by atoms with Crippen molar-refractivity contribution >= 4 is 46.2 Å². The van der Waals surface area contributed by atoms with Gasteiger partial charge in [-0.15, -0.1) is 0 Å². The molecule has 0 aliphatic carbocycles. The van der Waals surface area contributed by atoms with Gasteiger partial charge in [0.25, 0.3) is 0 Å². The first-order valence-corrected chi connectivity index (χ1v) is 9.49. The van der Waals surface area contributed by atoms with Crippen LogP contribution in [-0.4, -0.2) is 62.5 Å². The molecule has 1 aromatic carbocycles. The number of aliphatic carboxylic acids is 2. The number of benzene rings is 1. The molecule has 1 fully saturated rings. The molecular weight excluding hydrogens is 370 g/mol. The Morgan fingerprint density at radius 1 is 1.19 bits per heavy atom. The van der Waals surface area contributed by atoms with Gasteiger partial charge in [0.05, 0.1) is 0 Å². The number of aromatic amines is 1. The number of rotatable bonds is 6. The number of carboxylic acids is 2. The fourth-order valence-corrected chi connectivity index (χ4v) is 4.04. The van der Waals surface area contributed by atoms with E-state index in [1.54, 1.807) is 24.4 Å². The molecule has 1 aliphatic rings. The minimum atomic E-state index is -1.20. The summed E-state index contributed by atoms with van der Waals surface area (Å²) in [6, 6.07) is 4.39. The Labute approximate surface area is 159 Å². The van der Waals surface area contributed by atoms with E-state index in [0.717, 1.165) is 42.1 Å². The number of fused-ring (bicyclic) bond motifs is 1. The largest absolute Gasteiger partial charge is 0.480 e. The van der Waals surface area contributed by atoms with Crippen LogP contribution in [0.5, 0.6) is 0 Å².